The third-order valence-electron chi connectivity index (χ3n) is 2.62. The Labute approximate surface area is 112 Å². The van der Waals surface area contributed by atoms with Crippen molar-refractivity contribution >= 4 is 38.6 Å². The maximum Gasteiger partial charge on any atom is 0.100 e. The van der Waals surface area contributed by atoms with E-state index in [4.69, 9.17) is 11.6 Å². The van der Waals surface area contributed by atoms with Gasteiger partial charge in [-0.15, -0.1) is 0 Å². The number of hydrogen-bond acceptors (Lipinski definition) is 1. The van der Waals surface area contributed by atoms with Gasteiger partial charge in [-0.05, 0) is 52.3 Å². The fourth-order valence-corrected chi connectivity index (χ4v) is 2.49. The van der Waals surface area contributed by atoms with Crippen LogP contribution in [0.15, 0.2) is 53.3 Å². The van der Waals surface area contributed by atoms with Crippen molar-refractivity contribution < 1.29 is 0 Å². The minimum atomic E-state index is 0.734. The summed E-state index contributed by atoms with van der Waals surface area (Å²) in [6.45, 7) is 0. The topological polar surface area (TPSA) is 17.8 Å². The van der Waals surface area contributed by atoms with Crippen molar-refractivity contribution in [3.63, 3.8) is 0 Å². The molecule has 1 heterocycles. The molecule has 0 N–H and O–H groups in total. The van der Waals surface area contributed by atoms with Crippen molar-refractivity contribution in [3.05, 3.63) is 58.3 Å². The van der Waals surface area contributed by atoms with Gasteiger partial charge >= 0.3 is 0 Å². The second kappa shape index (κ2) is 4.17. The first-order valence-electron chi connectivity index (χ1n) is 5.13. The highest BCUT2D eigenvalue weighted by Gasteiger charge is 2.07. The second-order valence-corrected chi connectivity index (χ2v) is 4.99. The van der Waals surface area contributed by atoms with Crippen molar-refractivity contribution in [3.8, 4) is 5.69 Å². The first-order valence-corrected chi connectivity index (χ1v) is 6.30. The lowest BCUT2D eigenvalue weighted by molar-refractivity contribution is 1.09. The average molecular weight is 308 g/mol. The van der Waals surface area contributed by atoms with Gasteiger partial charge in [-0.3, -0.25) is 4.57 Å². The quantitative estimate of drug-likeness (QED) is 0.650. The summed E-state index contributed by atoms with van der Waals surface area (Å²) in [6.07, 6.45) is 1.82. The molecular formula is C13H8BrClN2. The predicted octanol–water partition coefficient (Wildman–Crippen LogP) is 4.44. The zero-order valence-electron chi connectivity index (χ0n) is 8.77. The standard InChI is InChI=1S/C13H8BrClN2/c14-11-2-1-3-12-13(11)17(8-16-12)10-6-4-9(15)5-7-10/h1-8H. The van der Waals surface area contributed by atoms with Gasteiger partial charge in [0.25, 0.3) is 0 Å². The van der Waals surface area contributed by atoms with Gasteiger partial charge in [-0.1, -0.05) is 17.7 Å². The molecule has 3 rings (SSSR count). The Hall–Kier alpha value is -1.32. The Morgan fingerprint density at radius 2 is 1.82 bits per heavy atom. The number of halogens is 2. The highest BCUT2D eigenvalue weighted by Crippen LogP contribution is 2.26. The van der Waals surface area contributed by atoms with Crippen LogP contribution in [0, 0.1) is 0 Å². The number of para-hydroxylation sites is 1. The summed E-state index contributed by atoms with van der Waals surface area (Å²) in [5, 5.41) is 0.734. The molecule has 3 aromatic rings. The number of benzene rings is 2. The lowest BCUT2D eigenvalue weighted by Crippen LogP contribution is -1.91. The monoisotopic (exact) mass is 306 g/mol. The number of aromatic nitrogens is 2. The highest BCUT2D eigenvalue weighted by atomic mass is 79.9. The summed E-state index contributed by atoms with van der Waals surface area (Å²) in [5.41, 5.74) is 3.08. The Kier molecular flexibility index (Phi) is 2.65. The van der Waals surface area contributed by atoms with E-state index in [1.54, 1.807) is 0 Å². The second-order valence-electron chi connectivity index (χ2n) is 3.70. The molecule has 0 saturated carbocycles. The molecule has 84 valence electrons. The molecule has 0 aliphatic carbocycles. The van der Waals surface area contributed by atoms with E-state index in [-0.39, 0.29) is 0 Å². The molecule has 0 spiro atoms. The molecule has 0 aliphatic heterocycles. The SMILES string of the molecule is Clc1ccc(-n2cnc3cccc(Br)c32)cc1. The lowest BCUT2D eigenvalue weighted by atomic mass is 10.3. The fourth-order valence-electron chi connectivity index (χ4n) is 1.82. The molecule has 0 fully saturated rings. The fraction of sp³-hybridized carbons (Fsp3) is 0. The lowest BCUT2D eigenvalue weighted by Gasteiger charge is -2.05. The van der Waals surface area contributed by atoms with Crippen molar-refractivity contribution in [1.82, 2.24) is 9.55 Å². The Balaban J connectivity index is 2.27. The van der Waals surface area contributed by atoms with E-state index in [2.05, 4.69) is 20.9 Å². The maximum absolute atomic E-state index is 5.89. The van der Waals surface area contributed by atoms with Gasteiger partial charge in [0.15, 0.2) is 0 Å². The number of fused-ring (bicyclic) bond motifs is 1. The number of nitrogens with zero attached hydrogens (tertiary/aromatic N) is 2. The summed E-state index contributed by atoms with van der Waals surface area (Å²) < 4.78 is 3.07. The van der Waals surface area contributed by atoms with Gasteiger partial charge in [-0.2, -0.15) is 0 Å². The summed E-state index contributed by atoms with van der Waals surface area (Å²) in [4.78, 5) is 4.38. The average Bonchev–Trinajstić information content (AvgIpc) is 2.75. The molecule has 2 nitrogen and oxygen atoms in total. The van der Waals surface area contributed by atoms with Crippen LogP contribution >= 0.6 is 27.5 Å². The third-order valence-corrected chi connectivity index (χ3v) is 3.52. The zero-order chi connectivity index (χ0) is 11.8. The van der Waals surface area contributed by atoms with Crippen LogP contribution in [0.25, 0.3) is 16.7 Å². The van der Waals surface area contributed by atoms with E-state index in [1.165, 1.54) is 0 Å². The van der Waals surface area contributed by atoms with Crippen molar-refractivity contribution in [1.29, 1.82) is 0 Å². The highest BCUT2D eigenvalue weighted by molar-refractivity contribution is 9.10. The summed E-state index contributed by atoms with van der Waals surface area (Å²) in [6, 6.07) is 13.7. The van der Waals surface area contributed by atoms with Crippen LogP contribution in [0.5, 0.6) is 0 Å². The molecule has 17 heavy (non-hydrogen) atoms. The molecule has 0 amide bonds. The molecule has 1 aromatic heterocycles. The van der Waals surface area contributed by atoms with Gasteiger partial charge in [0.05, 0.1) is 11.0 Å². The van der Waals surface area contributed by atoms with E-state index in [1.807, 2.05) is 53.4 Å². The van der Waals surface area contributed by atoms with Crippen LogP contribution in [-0.2, 0) is 0 Å². The van der Waals surface area contributed by atoms with Crippen molar-refractivity contribution in [2.24, 2.45) is 0 Å². The molecule has 2 aromatic carbocycles. The normalized spacial score (nSPS) is 10.9. The minimum absolute atomic E-state index is 0.734. The van der Waals surface area contributed by atoms with Gasteiger partial charge in [0, 0.05) is 15.2 Å². The predicted molar refractivity (Wildman–Crippen MR) is 73.8 cm³/mol. The van der Waals surface area contributed by atoms with Crippen LogP contribution in [0.3, 0.4) is 0 Å². The van der Waals surface area contributed by atoms with Gasteiger partial charge < -0.3 is 0 Å². The summed E-state index contributed by atoms with van der Waals surface area (Å²) >= 11 is 9.44. The largest absolute Gasteiger partial charge is 0.298 e. The molecule has 0 bridgehead atoms. The van der Waals surface area contributed by atoms with Gasteiger partial charge in [0.2, 0.25) is 0 Å². The van der Waals surface area contributed by atoms with E-state index in [9.17, 15) is 0 Å². The van der Waals surface area contributed by atoms with Gasteiger partial charge in [0.1, 0.15) is 6.33 Å². The van der Waals surface area contributed by atoms with E-state index < -0.39 is 0 Å². The minimum Gasteiger partial charge on any atom is -0.298 e. The molecule has 0 radical (unpaired) electrons. The molecule has 0 unspecified atom stereocenters. The number of hydrogen-bond donors (Lipinski definition) is 0. The first-order chi connectivity index (χ1) is 8.25. The van der Waals surface area contributed by atoms with Crippen molar-refractivity contribution in [2.45, 2.75) is 0 Å². The third kappa shape index (κ3) is 1.85. The Bertz CT molecular complexity index is 673. The first kappa shape index (κ1) is 10.8. The van der Waals surface area contributed by atoms with Crippen LogP contribution in [-0.4, -0.2) is 9.55 Å². The van der Waals surface area contributed by atoms with E-state index in [0.717, 1.165) is 26.2 Å². The van der Waals surface area contributed by atoms with Crippen LogP contribution in [0.2, 0.25) is 5.02 Å². The Morgan fingerprint density at radius 1 is 1.06 bits per heavy atom. The zero-order valence-corrected chi connectivity index (χ0v) is 11.1. The van der Waals surface area contributed by atoms with Crippen LogP contribution < -0.4 is 0 Å². The molecule has 0 aliphatic rings. The molecule has 0 atom stereocenters. The van der Waals surface area contributed by atoms with E-state index >= 15 is 0 Å². The maximum atomic E-state index is 5.89. The number of rotatable bonds is 1. The Morgan fingerprint density at radius 3 is 2.59 bits per heavy atom. The van der Waals surface area contributed by atoms with E-state index in [0.29, 0.717) is 0 Å². The summed E-state index contributed by atoms with van der Waals surface area (Å²) in [5.74, 6) is 0. The van der Waals surface area contributed by atoms with Gasteiger partial charge in [-0.25, -0.2) is 4.98 Å². The number of imidazole rings is 1. The smallest absolute Gasteiger partial charge is 0.100 e. The van der Waals surface area contributed by atoms with Crippen LogP contribution in [0.1, 0.15) is 0 Å². The van der Waals surface area contributed by atoms with Crippen molar-refractivity contribution in [2.75, 3.05) is 0 Å². The van der Waals surface area contributed by atoms with Crippen LogP contribution in [0.4, 0.5) is 0 Å². The molecular weight excluding hydrogens is 300 g/mol. The molecule has 4 heteroatoms. The molecule has 0 saturated heterocycles. The summed E-state index contributed by atoms with van der Waals surface area (Å²) in [7, 11) is 0.